The zero-order chi connectivity index (χ0) is 21.8. The van der Waals surface area contributed by atoms with E-state index in [1.807, 2.05) is 36.4 Å². The average molecular weight is 417 g/mol. The van der Waals surface area contributed by atoms with E-state index in [0.717, 1.165) is 17.5 Å². The van der Waals surface area contributed by atoms with Gasteiger partial charge in [-0.05, 0) is 29.5 Å². The number of carbonyl (C=O) groups excluding carboxylic acids is 1. The molecule has 30 heavy (non-hydrogen) atoms. The number of nitrogens with zero attached hydrogens (tertiary/aromatic N) is 1. The van der Waals surface area contributed by atoms with E-state index in [4.69, 9.17) is 18.9 Å². The van der Waals surface area contributed by atoms with Crippen molar-refractivity contribution < 1.29 is 23.7 Å². The van der Waals surface area contributed by atoms with Crippen molar-refractivity contribution in [3.63, 3.8) is 0 Å². The molecular weight excluding hydrogens is 384 g/mol. The predicted molar refractivity (Wildman–Crippen MR) is 115 cm³/mol. The van der Waals surface area contributed by atoms with E-state index in [9.17, 15) is 4.79 Å². The van der Waals surface area contributed by atoms with Crippen molar-refractivity contribution in [3.8, 4) is 11.6 Å². The zero-order valence-corrected chi connectivity index (χ0v) is 18.2. The number of ether oxygens (including phenoxy) is 4. The standard InChI is InChI=1S/C23H32N2O5/c1-17(2)20(25-23(26)30-16-18-9-6-5-7-10-18)13-19-14-21(22(28-4)24-15-19)29-12-8-11-27-3/h5-7,9-10,14-15,17,20H,8,11-13,16H2,1-4H3,(H,25,26)/t20-/m0/s1. The third-order valence-corrected chi connectivity index (χ3v) is 4.59. The van der Waals surface area contributed by atoms with Crippen LogP contribution in [0.2, 0.25) is 0 Å². The number of rotatable bonds is 12. The van der Waals surface area contributed by atoms with E-state index in [1.165, 1.54) is 0 Å². The SMILES string of the molecule is COCCCOc1cc(C[C@H](NC(=O)OCc2ccccc2)C(C)C)cnc1OC. The van der Waals surface area contributed by atoms with Crippen molar-refractivity contribution in [2.45, 2.75) is 39.3 Å². The molecule has 0 saturated heterocycles. The topological polar surface area (TPSA) is 78.9 Å². The molecule has 0 spiro atoms. The number of amides is 1. The average Bonchev–Trinajstić information content (AvgIpc) is 2.75. The van der Waals surface area contributed by atoms with Crippen LogP contribution in [0.4, 0.5) is 4.79 Å². The van der Waals surface area contributed by atoms with Crippen molar-refractivity contribution in [2.75, 3.05) is 27.4 Å². The first-order chi connectivity index (χ1) is 14.5. The van der Waals surface area contributed by atoms with Gasteiger partial charge in [0.15, 0.2) is 5.75 Å². The maximum atomic E-state index is 12.3. The second-order valence-corrected chi connectivity index (χ2v) is 7.31. The lowest BCUT2D eigenvalue weighted by Crippen LogP contribution is -2.40. The highest BCUT2D eigenvalue weighted by atomic mass is 16.5. The molecule has 164 valence electrons. The van der Waals surface area contributed by atoms with Gasteiger partial charge in [-0.1, -0.05) is 44.2 Å². The van der Waals surface area contributed by atoms with Gasteiger partial charge in [-0.3, -0.25) is 0 Å². The lowest BCUT2D eigenvalue weighted by molar-refractivity contribution is 0.132. The summed E-state index contributed by atoms with van der Waals surface area (Å²) in [7, 11) is 3.22. The van der Waals surface area contributed by atoms with Gasteiger partial charge >= 0.3 is 6.09 Å². The van der Waals surface area contributed by atoms with Crippen LogP contribution in [0.15, 0.2) is 42.6 Å². The number of nitrogens with one attached hydrogen (secondary N) is 1. The van der Waals surface area contributed by atoms with E-state index < -0.39 is 6.09 Å². The van der Waals surface area contributed by atoms with Crippen LogP contribution in [-0.2, 0) is 22.5 Å². The lowest BCUT2D eigenvalue weighted by atomic mass is 9.97. The minimum absolute atomic E-state index is 0.107. The predicted octanol–water partition coefficient (Wildman–Crippen LogP) is 4.00. The fraction of sp³-hybridized carbons (Fsp3) is 0.478. The fourth-order valence-electron chi connectivity index (χ4n) is 2.85. The van der Waals surface area contributed by atoms with Crippen LogP contribution in [0.3, 0.4) is 0 Å². The van der Waals surface area contributed by atoms with Gasteiger partial charge in [0.25, 0.3) is 5.88 Å². The molecule has 1 heterocycles. The molecule has 7 nitrogen and oxygen atoms in total. The number of hydrogen-bond donors (Lipinski definition) is 1. The van der Waals surface area contributed by atoms with Gasteiger partial charge in [-0.2, -0.15) is 0 Å². The second-order valence-electron chi connectivity index (χ2n) is 7.31. The van der Waals surface area contributed by atoms with Crippen LogP contribution in [0.25, 0.3) is 0 Å². The number of pyridine rings is 1. The minimum Gasteiger partial charge on any atom is -0.488 e. The van der Waals surface area contributed by atoms with E-state index >= 15 is 0 Å². The summed E-state index contributed by atoms with van der Waals surface area (Å²) in [5.74, 6) is 1.23. The first-order valence-electron chi connectivity index (χ1n) is 10.1. The Morgan fingerprint density at radius 1 is 1.10 bits per heavy atom. The van der Waals surface area contributed by atoms with Gasteiger partial charge in [0.2, 0.25) is 0 Å². The van der Waals surface area contributed by atoms with E-state index in [2.05, 4.69) is 24.1 Å². The summed E-state index contributed by atoms with van der Waals surface area (Å²) in [6.45, 7) is 5.48. The molecule has 2 aromatic rings. The normalized spacial score (nSPS) is 11.8. The van der Waals surface area contributed by atoms with E-state index in [1.54, 1.807) is 20.4 Å². The molecule has 1 aromatic heterocycles. The second kappa shape index (κ2) is 12.7. The van der Waals surface area contributed by atoms with E-state index in [0.29, 0.717) is 31.3 Å². The smallest absolute Gasteiger partial charge is 0.407 e. The van der Waals surface area contributed by atoms with Gasteiger partial charge in [-0.15, -0.1) is 0 Å². The molecule has 0 aliphatic carbocycles. The molecule has 2 rings (SSSR count). The van der Waals surface area contributed by atoms with Crippen molar-refractivity contribution >= 4 is 6.09 Å². The van der Waals surface area contributed by atoms with Crippen molar-refractivity contribution in [3.05, 3.63) is 53.7 Å². The summed E-state index contributed by atoms with van der Waals surface area (Å²) < 4.78 is 21.5. The summed E-state index contributed by atoms with van der Waals surface area (Å²) in [6.07, 6.45) is 2.68. The largest absolute Gasteiger partial charge is 0.488 e. The molecule has 7 heteroatoms. The summed E-state index contributed by atoms with van der Waals surface area (Å²) in [4.78, 5) is 16.6. The maximum absolute atomic E-state index is 12.3. The summed E-state index contributed by atoms with van der Waals surface area (Å²) in [5, 5.41) is 2.97. The first-order valence-corrected chi connectivity index (χ1v) is 10.1. The number of aromatic nitrogens is 1. The quantitative estimate of drug-likeness (QED) is 0.527. The molecule has 0 aliphatic heterocycles. The van der Waals surface area contributed by atoms with Crippen molar-refractivity contribution in [2.24, 2.45) is 5.92 Å². The highest BCUT2D eigenvalue weighted by Gasteiger charge is 2.19. The van der Waals surface area contributed by atoms with Crippen LogP contribution < -0.4 is 14.8 Å². The van der Waals surface area contributed by atoms with Crippen LogP contribution in [0.5, 0.6) is 11.6 Å². The third kappa shape index (κ3) is 7.91. The molecule has 1 N–H and O–H groups in total. The van der Waals surface area contributed by atoms with Gasteiger partial charge in [0, 0.05) is 32.4 Å². The Bertz CT molecular complexity index is 767. The third-order valence-electron chi connectivity index (χ3n) is 4.59. The summed E-state index contributed by atoms with van der Waals surface area (Å²) in [6, 6.07) is 11.4. The molecule has 0 aliphatic rings. The molecule has 1 atom stereocenters. The number of carbonyl (C=O) groups is 1. The number of alkyl carbamates (subject to hydrolysis) is 1. The van der Waals surface area contributed by atoms with E-state index in [-0.39, 0.29) is 18.6 Å². The van der Waals surface area contributed by atoms with Crippen molar-refractivity contribution in [1.29, 1.82) is 0 Å². The zero-order valence-electron chi connectivity index (χ0n) is 18.2. The maximum Gasteiger partial charge on any atom is 0.407 e. The van der Waals surface area contributed by atoms with Gasteiger partial charge < -0.3 is 24.3 Å². The molecule has 0 saturated carbocycles. The van der Waals surface area contributed by atoms with Gasteiger partial charge in [0.1, 0.15) is 6.61 Å². The Balaban J connectivity index is 1.96. The van der Waals surface area contributed by atoms with Gasteiger partial charge in [0.05, 0.1) is 13.7 Å². The summed E-state index contributed by atoms with van der Waals surface area (Å²) >= 11 is 0. The molecule has 0 radical (unpaired) electrons. The Kier molecular flexibility index (Phi) is 9.94. The Hall–Kier alpha value is -2.80. The molecule has 0 unspecified atom stereocenters. The van der Waals surface area contributed by atoms with Crippen LogP contribution in [0, 0.1) is 5.92 Å². The summed E-state index contributed by atoms with van der Waals surface area (Å²) in [5.41, 5.74) is 1.89. The van der Waals surface area contributed by atoms with Crippen LogP contribution in [-0.4, -0.2) is 44.6 Å². The minimum atomic E-state index is -0.435. The highest BCUT2D eigenvalue weighted by Crippen LogP contribution is 2.26. The molecular formula is C23H32N2O5. The molecule has 0 bridgehead atoms. The van der Waals surface area contributed by atoms with Gasteiger partial charge in [-0.25, -0.2) is 9.78 Å². The van der Waals surface area contributed by atoms with Crippen LogP contribution in [0.1, 0.15) is 31.4 Å². The molecule has 1 aromatic carbocycles. The highest BCUT2D eigenvalue weighted by molar-refractivity contribution is 5.67. The Labute approximate surface area is 178 Å². The number of methoxy groups -OCH3 is 2. The Morgan fingerprint density at radius 3 is 2.53 bits per heavy atom. The fourth-order valence-corrected chi connectivity index (χ4v) is 2.85. The number of benzene rings is 1. The molecule has 0 fully saturated rings. The molecule has 1 amide bonds. The Morgan fingerprint density at radius 2 is 1.87 bits per heavy atom. The lowest BCUT2D eigenvalue weighted by Gasteiger charge is -2.22. The monoisotopic (exact) mass is 416 g/mol. The van der Waals surface area contributed by atoms with Crippen molar-refractivity contribution in [1.82, 2.24) is 10.3 Å². The number of hydrogen-bond acceptors (Lipinski definition) is 6. The van der Waals surface area contributed by atoms with Crippen LogP contribution >= 0.6 is 0 Å². The first kappa shape index (κ1) is 23.5.